The van der Waals surface area contributed by atoms with Crippen molar-refractivity contribution in [3.05, 3.63) is 29.6 Å². The molecule has 0 bridgehead atoms. The molecule has 0 saturated carbocycles. The van der Waals surface area contributed by atoms with Crippen molar-refractivity contribution in [2.45, 2.75) is 12.2 Å². The van der Waals surface area contributed by atoms with Crippen LogP contribution in [0.25, 0.3) is 0 Å². The number of rotatable bonds is 4. The van der Waals surface area contributed by atoms with E-state index in [0.29, 0.717) is 0 Å². The van der Waals surface area contributed by atoms with E-state index in [4.69, 9.17) is 4.74 Å². The van der Waals surface area contributed by atoms with E-state index in [1.165, 1.54) is 13.3 Å². The number of nitrogens with one attached hydrogen (secondary N) is 1. The van der Waals surface area contributed by atoms with E-state index in [1.54, 1.807) is 7.05 Å². The first-order chi connectivity index (χ1) is 7.50. The topological polar surface area (TPSA) is 34.1 Å². The molecule has 0 saturated heterocycles. The summed E-state index contributed by atoms with van der Waals surface area (Å²) >= 11 is 0. The van der Waals surface area contributed by atoms with Crippen LogP contribution in [0.5, 0.6) is 0 Å². The van der Waals surface area contributed by atoms with Crippen molar-refractivity contribution < 1.29 is 17.9 Å². The van der Waals surface area contributed by atoms with Gasteiger partial charge >= 0.3 is 6.18 Å². The normalized spacial score (nSPS) is 13.8. The van der Waals surface area contributed by atoms with Crippen molar-refractivity contribution in [3.8, 4) is 0 Å². The zero-order chi connectivity index (χ0) is 12.2. The van der Waals surface area contributed by atoms with Crippen molar-refractivity contribution in [2.24, 2.45) is 0 Å². The lowest BCUT2D eigenvalue weighted by molar-refractivity contribution is -0.138. The standard InChI is InChI=1S/C10H13F3N2O/c1-14-9(6-16-2)7-5-15-4-3-8(7)10(11,12)13/h3-5,9,14H,6H2,1-2H3. The largest absolute Gasteiger partial charge is 0.416 e. The minimum atomic E-state index is -4.37. The van der Waals surface area contributed by atoms with Gasteiger partial charge in [0.2, 0.25) is 0 Å². The Bertz CT molecular complexity index is 341. The third-order valence-electron chi connectivity index (χ3n) is 2.21. The van der Waals surface area contributed by atoms with Crippen molar-refractivity contribution >= 4 is 0 Å². The van der Waals surface area contributed by atoms with E-state index < -0.39 is 17.8 Å². The fourth-order valence-electron chi connectivity index (χ4n) is 1.44. The van der Waals surface area contributed by atoms with E-state index >= 15 is 0 Å². The molecule has 0 aliphatic carbocycles. The highest BCUT2D eigenvalue weighted by Gasteiger charge is 2.34. The second-order valence-corrected chi connectivity index (χ2v) is 3.26. The summed E-state index contributed by atoms with van der Waals surface area (Å²) in [5, 5.41) is 2.77. The molecular formula is C10H13F3N2O. The van der Waals surface area contributed by atoms with Crippen LogP contribution in [-0.2, 0) is 10.9 Å². The van der Waals surface area contributed by atoms with Gasteiger partial charge in [-0.25, -0.2) is 0 Å². The SMILES string of the molecule is CNC(COC)c1cnccc1C(F)(F)F. The Kier molecular flexibility index (Phi) is 4.26. The van der Waals surface area contributed by atoms with Gasteiger partial charge in [-0.1, -0.05) is 0 Å². The Hall–Kier alpha value is -1.14. The summed E-state index contributed by atoms with van der Waals surface area (Å²) in [5.41, 5.74) is -0.585. The van der Waals surface area contributed by atoms with E-state index in [9.17, 15) is 13.2 Å². The molecule has 1 N–H and O–H groups in total. The molecule has 90 valence electrons. The molecule has 1 unspecified atom stereocenters. The minimum Gasteiger partial charge on any atom is -0.383 e. The number of pyridine rings is 1. The maximum absolute atomic E-state index is 12.7. The molecule has 0 fully saturated rings. The van der Waals surface area contributed by atoms with Gasteiger partial charge in [0.15, 0.2) is 0 Å². The van der Waals surface area contributed by atoms with Crippen LogP contribution in [0.1, 0.15) is 17.2 Å². The van der Waals surface area contributed by atoms with Crippen molar-refractivity contribution in [1.29, 1.82) is 0 Å². The van der Waals surface area contributed by atoms with Crippen molar-refractivity contribution in [1.82, 2.24) is 10.3 Å². The lowest BCUT2D eigenvalue weighted by Gasteiger charge is -2.19. The second kappa shape index (κ2) is 5.27. The van der Waals surface area contributed by atoms with Gasteiger partial charge in [-0.05, 0) is 13.1 Å². The summed E-state index contributed by atoms with van der Waals surface area (Å²) in [5.74, 6) is 0. The van der Waals surface area contributed by atoms with Gasteiger partial charge in [0, 0.05) is 25.1 Å². The summed E-state index contributed by atoms with van der Waals surface area (Å²) in [7, 11) is 3.02. The van der Waals surface area contributed by atoms with Gasteiger partial charge in [0.1, 0.15) is 0 Å². The van der Waals surface area contributed by atoms with Crippen molar-refractivity contribution in [3.63, 3.8) is 0 Å². The van der Waals surface area contributed by atoms with Crippen LogP contribution in [0.15, 0.2) is 18.5 Å². The van der Waals surface area contributed by atoms with Gasteiger partial charge in [-0.3, -0.25) is 4.98 Å². The molecule has 1 rings (SSSR count). The van der Waals surface area contributed by atoms with E-state index in [1.807, 2.05) is 0 Å². The van der Waals surface area contributed by atoms with Crippen LogP contribution in [0.2, 0.25) is 0 Å². The van der Waals surface area contributed by atoms with Gasteiger partial charge in [0.25, 0.3) is 0 Å². The van der Waals surface area contributed by atoms with Crippen LogP contribution in [0, 0.1) is 0 Å². The molecule has 1 aromatic heterocycles. The Labute approximate surface area is 91.6 Å². The predicted molar refractivity (Wildman–Crippen MR) is 52.9 cm³/mol. The molecule has 0 aromatic carbocycles. The Morgan fingerprint density at radius 3 is 2.69 bits per heavy atom. The Balaban J connectivity index is 3.11. The van der Waals surface area contributed by atoms with Gasteiger partial charge in [0.05, 0.1) is 18.2 Å². The molecule has 0 aliphatic heterocycles. The quantitative estimate of drug-likeness (QED) is 0.865. The van der Waals surface area contributed by atoms with Crippen LogP contribution < -0.4 is 5.32 Å². The molecule has 3 nitrogen and oxygen atoms in total. The molecule has 0 radical (unpaired) electrons. The second-order valence-electron chi connectivity index (χ2n) is 3.26. The maximum Gasteiger partial charge on any atom is 0.416 e. The van der Waals surface area contributed by atoms with Crippen LogP contribution in [0.3, 0.4) is 0 Å². The minimum absolute atomic E-state index is 0.0966. The average molecular weight is 234 g/mol. The van der Waals surface area contributed by atoms with E-state index in [2.05, 4.69) is 10.3 Å². The van der Waals surface area contributed by atoms with Crippen LogP contribution in [-0.4, -0.2) is 25.7 Å². The summed E-state index contributed by atoms with van der Waals surface area (Å²) in [6, 6.07) is 0.449. The maximum atomic E-state index is 12.7. The fraction of sp³-hybridized carbons (Fsp3) is 0.500. The fourth-order valence-corrected chi connectivity index (χ4v) is 1.44. The van der Waals surface area contributed by atoms with Gasteiger partial charge in [-0.2, -0.15) is 13.2 Å². The van der Waals surface area contributed by atoms with Gasteiger partial charge < -0.3 is 10.1 Å². The Morgan fingerprint density at radius 2 is 2.19 bits per heavy atom. The first-order valence-corrected chi connectivity index (χ1v) is 4.68. The molecule has 6 heteroatoms. The number of aromatic nitrogens is 1. The highest BCUT2D eigenvalue weighted by Crippen LogP contribution is 2.33. The molecule has 1 atom stereocenters. The predicted octanol–water partition coefficient (Wildman–Crippen LogP) is 2.01. The summed E-state index contributed by atoms with van der Waals surface area (Å²) < 4.78 is 42.9. The van der Waals surface area contributed by atoms with Crippen LogP contribution in [0.4, 0.5) is 13.2 Å². The van der Waals surface area contributed by atoms with Crippen molar-refractivity contribution in [2.75, 3.05) is 20.8 Å². The third-order valence-corrected chi connectivity index (χ3v) is 2.21. The highest BCUT2D eigenvalue weighted by molar-refractivity contribution is 5.29. The molecule has 16 heavy (non-hydrogen) atoms. The zero-order valence-electron chi connectivity index (χ0n) is 9.01. The first kappa shape index (κ1) is 12.9. The monoisotopic (exact) mass is 234 g/mol. The van der Waals surface area contributed by atoms with E-state index in [-0.39, 0.29) is 12.2 Å². The molecule has 1 aromatic rings. The van der Waals surface area contributed by atoms with Crippen LogP contribution >= 0.6 is 0 Å². The molecular weight excluding hydrogens is 221 g/mol. The number of ether oxygens (including phenoxy) is 1. The number of halogens is 3. The lowest BCUT2D eigenvalue weighted by Crippen LogP contribution is -2.24. The van der Waals surface area contributed by atoms with E-state index in [0.717, 1.165) is 12.3 Å². The summed E-state index contributed by atoms with van der Waals surface area (Å²) in [4.78, 5) is 3.71. The number of methoxy groups -OCH3 is 1. The number of nitrogens with zero attached hydrogens (tertiary/aromatic N) is 1. The smallest absolute Gasteiger partial charge is 0.383 e. The average Bonchev–Trinajstić information content (AvgIpc) is 2.25. The number of hydrogen-bond acceptors (Lipinski definition) is 3. The molecule has 1 heterocycles. The molecule has 0 spiro atoms. The lowest BCUT2D eigenvalue weighted by atomic mass is 10.0. The molecule has 0 aliphatic rings. The summed E-state index contributed by atoms with van der Waals surface area (Å²) in [6.45, 7) is 0.158. The zero-order valence-corrected chi connectivity index (χ0v) is 9.01. The number of hydrogen-bond donors (Lipinski definition) is 1. The molecule has 0 amide bonds. The number of alkyl halides is 3. The first-order valence-electron chi connectivity index (χ1n) is 4.68. The third kappa shape index (κ3) is 2.93. The summed E-state index contributed by atoms with van der Waals surface area (Å²) in [6.07, 6.45) is -2.03. The Morgan fingerprint density at radius 1 is 1.50 bits per heavy atom. The highest BCUT2D eigenvalue weighted by atomic mass is 19.4. The van der Waals surface area contributed by atoms with Gasteiger partial charge in [-0.15, -0.1) is 0 Å². The number of likely N-dealkylation sites (N-methyl/N-ethyl adjacent to an activating group) is 1.